The highest BCUT2D eigenvalue weighted by Crippen LogP contribution is 2.29. The predicted molar refractivity (Wildman–Crippen MR) is 93.6 cm³/mol. The van der Waals surface area contributed by atoms with Crippen LogP contribution in [-0.4, -0.2) is 28.2 Å². The molecule has 0 aliphatic carbocycles. The number of hydrogen-bond donors (Lipinski definition) is 2. The van der Waals surface area contributed by atoms with Gasteiger partial charge in [0.25, 0.3) is 0 Å². The minimum Gasteiger partial charge on any atom is -0.384 e. The maximum absolute atomic E-state index is 6.22. The molecule has 1 aliphatic heterocycles. The lowest BCUT2D eigenvalue weighted by atomic mass is 9.94. The molecule has 23 heavy (non-hydrogen) atoms. The summed E-state index contributed by atoms with van der Waals surface area (Å²) in [6, 6.07) is 7.93. The fourth-order valence-electron chi connectivity index (χ4n) is 2.88. The Bertz CT molecular complexity index is 705. The van der Waals surface area contributed by atoms with Crippen LogP contribution in [0.1, 0.15) is 26.7 Å². The van der Waals surface area contributed by atoms with E-state index in [2.05, 4.69) is 29.1 Å². The van der Waals surface area contributed by atoms with Gasteiger partial charge in [0.15, 0.2) is 0 Å². The number of halogens is 1. The van der Waals surface area contributed by atoms with Crippen molar-refractivity contribution in [1.82, 2.24) is 9.97 Å². The molecule has 5 nitrogen and oxygen atoms in total. The number of nitrogens with one attached hydrogen (secondary N) is 1. The number of nitrogens with zero attached hydrogens (tertiary/aromatic N) is 2. The standard InChI is InChI=1S/C17H21ClN4O/c1-17(2)9-11(6-7-23-17)21-16-5-3-4-14(22-16)12-8-15(19)20-10-13(12)18/h3-5,8,10-11H,6-7,9H2,1-2H3,(H2,19,20)(H,21,22). The maximum Gasteiger partial charge on any atom is 0.126 e. The van der Waals surface area contributed by atoms with Crippen molar-refractivity contribution in [2.45, 2.75) is 38.3 Å². The summed E-state index contributed by atoms with van der Waals surface area (Å²) < 4.78 is 5.76. The van der Waals surface area contributed by atoms with Gasteiger partial charge in [0, 0.05) is 24.4 Å². The monoisotopic (exact) mass is 332 g/mol. The Morgan fingerprint density at radius 2 is 2.22 bits per heavy atom. The first-order valence-corrected chi connectivity index (χ1v) is 8.10. The number of anilines is 2. The number of ether oxygens (including phenoxy) is 1. The number of aromatic nitrogens is 2. The highest BCUT2D eigenvalue weighted by Gasteiger charge is 2.28. The molecule has 0 aromatic carbocycles. The Hall–Kier alpha value is -1.85. The lowest BCUT2D eigenvalue weighted by Gasteiger charge is -2.36. The van der Waals surface area contributed by atoms with Crippen molar-refractivity contribution in [3.63, 3.8) is 0 Å². The third kappa shape index (κ3) is 3.92. The first-order valence-electron chi connectivity index (χ1n) is 7.72. The molecule has 0 amide bonds. The highest BCUT2D eigenvalue weighted by molar-refractivity contribution is 6.33. The van der Waals surface area contributed by atoms with Crippen LogP contribution < -0.4 is 11.1 Å². The molecule has 0 spiro atoms. The van der Waals surface area contributed by atoms with Gasteiger partial charge in [-0.25, -0.2) is 9.97 Å². The quantitative estimate of drug-likeness (QED) is 0.895. The van der Waals surface area contributed by atoms with Crippen molar-refractivity contribution in [2.24, 2.45) is 0 Å². The third-order valence-corrected chi connectivity index (χ3v) is 4.25. The highest BCUT2D eigenvalue weighted by atomic mass is 35.5. The van der Waals surface area contributed by atoms with Gasteiger partial charge < -0.3 is 15.8 Å². The molecule has 1 fully saturated rings. The number of nitrogens with two attached hydrogens (primary N) is 1. The van der Waals surface area contributed by atoms with Crippen LogP contribution in [-0.2, 0) is 4.74 Å². The summed E-state index contributed by atoms with van der Waals surface area (Å²) in [5, 5.41) is 4.04. The average molecular weight is 333 g/mol. The molecule has 1 aliphatic rings. The fraction of sp³-hybridized carbons (Fsp3) is 0.412. The van der Waals surface area contributed by atoms with E-state index in [0.29, 0.717) is 16.9 Å². The third-order valence-electron chi connectivity index (χ3n) is 3.95. The van der Waals surface area contributed by atoms with Crippen molar-refractivity contribution < 1.29 is 4.74 Å². The molecule has 3 rings (SSSR count). The lowest BCUT2D eigenvalue weighted by Crippen LogP contribution is -2.40. The van der Waals surface area contributed by atoms with E-state index >= 15 is 0 Å². The van der Waals surface area contributed by atoms with Crippen molar-refractivity contribution in [3.05, 3.63) is 35.5 Å². The molecular formula is C17H21ClN4O. The van der Waals surface area contributed by atoms with Crippen molar-refractivity contribution in [1.29, 1.82) is 0 Å². The van der Waals surface area contributed by atoms with E-state index in [0.717, 1.165) is 36.5 Å². The van der Waals surface area contributed by atoms with Gasteiger partial charge in [-0.1, -0.05) is 17.7 Å². The fourth-order valence-corrected chi connectivity index (χ4v) is 3.08. The summed E-state index contributed by atoms with van der Waals surface area (Å²) in [5.41, 5.74) is 7.22. The molecule has 2 aromatic rings. The molecule has 0 radical (unpaired) electrons. The largest absolute Gasteiger partial charge is 0.384 e. The predicted octanol–water partition coefficient (Wildman–Crippen LogP) is 3.75. The Morgan fingerprint density at radius 3 is 3.00 bits per heavy atom. The van der Waals surface area contributed by atoms with Crippen LogP contribution in [0, 0.1) is 0 Å². The first-order chi connectivity index (χ1) is 10.9. The minimum atomic E-state index is -0.101. The lowest BCUT2D eigenvalue weighted by molar-refractivity contribution is -0.0553. The van der Waals surface area contributed by atoms with Crippen molar-refractivity contribution in [2.75, 3.05) is 17.7 Å². The van der Waals surface area contributed by atoms with Gasteiger partial charge in [0.05, 0.1) is 16.3 Å². The van der Waals surface area contributed by atoms with E-state index in [-0.39, 0.29) is 5.60 Å². The summed E-state index contributed by atoms with van der Waals surface area (Å²) in [7, 11) is 0. The SMILES string of the molecule is CC1(C)CC(Nc2cccc(-c3cc(N)ncc3Cl)n2)CCO1. The zero-order valence-corrected chi connectivity index (χ0v) is 14.1. The first kappa shape index (κ1) is 16.0. The van der Waals surface area contributed by atoms with E-state index in [4.69, 9.17) is 22.1 Å². The summed E-state index contributed by atoms with van der Waals surface area (Å²) in [5.74, 6) is 1.26. The van der Waals surface area contributed by atoms with Crippen molar-refractivity contribution in [3.8, 4) is 11.3 Å². The zero-order valence-electron chi connectivity index (χ0n) is 13.3. The van der Waals surface area contributed by atoms with E-state index in [1.165, 1.54) is 0 Å². The van der Waals surface area contributed by atoms with Crippen LogP contribution in [0.2, 0.25) is 5.02 Å². The normalized spacial score (nSPS) is 20.2. The van der Waals surface area contributed by atoms with Crippen LogP contribution in [0.25, 0.3) is 11.3 Å². The summed E-state index contributed by atoms with van der Waals surface area (Å²) in [6.45, 7) is 4.99. The molecule has 1 unspecified atom stereocenters. The summed E-state index contributed by atoms with van der Waals surface area (Å²) in [4.78, 5) is 8.65. The molecule has 122 valence electrons. The van der Waals surface area contributed by atoms with Gasteiger partial charge >= 0.3 is 0 Å². The second kappa shape index (κ2) is 6.34. The van der Waals surface area contributed by atoms with Crippen LogP contribution in [0.4, 0.5) is 11.6 Å². The molecule has 3 heterocycles. The Labute approximate surface area is 141 Å². The van der Waals surface area contributed by atoms with Gasteiger partial charge in [-0.2, -0.15) is 0 Å². The molecule has 2 aromatic heterocycles. The second-order valence-electron chi connectivity index (χ2n) is 6.44. The summed E-state index contributed by atoms with van der Waals surface area (Å²) >= 11 is 6.22. The number of pyridine rings is 2. The van der Waals surface area contributed by atoms with E-state index < -0.39 is 0 Å². The van der Waals surface area contributed by atoms with Gasteiger partial charge in [-0.05, 0) is 44.9 Å². The molecule has 6 heteroatoms. The van der Waals surface area contributed by atoms with Crippen molar-refractivity contribution >= 4 is 23.2 Å². The van der Waals surface area contributed by atoms with Crippen LogP contribution in [0.3, 0.4) is 0 Å². The maximum atomic E-state index is 6.22. The van der Waals surface area contributed by atoms with E-state index in [1.54, 1.807) is 12.3 Å². The molecule has 3 N–H and O–H groups in total. The zero-order chi connectivity index (χ0) is 16.4. The minimum absolute atomic E-state index is 0.101. The molecule has 0 bridgehead atoms. The Kier molecular flexibility index (Phi) is 4.41. The Balaban J connectivity index is 1.81. The van der Waals surface area contributed by atoms with Crippen LogP contribution >= 0.6 is 11.6 Å². The smallest absolute Gasteiger partial charge is 0.126 e. The van der Waals surface area contributed by atoms with Crippen LogP contribution in [0.15, 0.2) is 30.5 Å². The average Bonchev–Trinajstić information content (AvgIpc) is 2.49. The van der Waals surface area contributed by atoms with Gasteiger partial charge in [0.1, 0.15) is 11.6 Å². The van der Waals surface area contributed by atoms with E-state index in [9.17, 15) is 0 Å². The number of hydrogen-bond acceptors (Lipinski definition) is 5. The summed E-state index contributed by atoms with van der Waals surface area (Å²) in [6.07, 6.45) is 3.47. The topological polar surface area (TPSA) is 73.1 Å². The molecule has 1 atom stereocenters. The van der Waals surface area contributed by atoms with Gasteiger partial charge in [0.2, 0.25) is 0 Å². The number of rotatable bonds is 3. The van der Waals surface area contributed by atoms with Crippen LogP contribution in [0.5, 0.6) is 0 Å². The van der Waals surface area contributed by atoms with Gasteiger partial charge in [-0.15, -0.1) is 0 Å². The second-order valence-corrected chi connectivity index (χ2v) is 6.85. The number of nitrogen functional groups attached to an aromatic ring is 1. The van der Waals surface area contributed by atoms with Gasteiger partial charge in [-0.3, -0.25) is 0 Å². The molecule has 0 saturated carbocycles. The van der Waals surface area contributed by atoms with E-state index in [1.807, 2.05) is 18.2 Å². The molecular weight excluding hydrogens is 312 g/mol. The Morgan fingerprint density at radius 1 is 1.39 bits per heavy atom. The molecule has 1 saturated heterocycles.